The van der Waals surface area contributed by atoms with Crippen LogP contribution in [-0.2, 0) is 11.6 Å². The molecule has 2 aliphatic carbocycles. The molecule has 2 fully saturated rings. The van der Waals surface area contributed by atoms with Crippen molar-refractivity contribution in [3.05, 3.63) is 35.4 Å². The van der Waals surface area contributed by atoms with Crippen molar-refractivity contribution in [3.63, 3.8) is 0 Å². The van der Waals surface area contributed by atoms with Crippen molar-refractivity contribution in [2.24, 2.45) is 5.92 Å². The van der Waals surface area contributed by atoms with E-state index in [0.717, 1.165) is 18.4 Å². The molecular formula is C19H25F3. The molecule has 1 aromatic rings. The fraction of sp³-hybridized carbons (Fsp3) is 0.684. The molecule has 0 bridgehead atoms. The Hall–Kier alpha value is -0.990. The van der Waals surface area contributed by atoms with Crippen LogP contribution in [0.2, 0.25) is 0 Å². The molecule has 2 aliphatic rings. The van der Waals surface area contributed by atoms with Crippen LogP contribution >= 0.6 is 0 Å². The molecule has 0 spiro atoms. The van der Waals surface area contributed by atoms with Gasteiger partial charge in [0.2, 0.25) is 0 Å². The van der Waals surface area contributed by atoms with E-state index in [1.54, 1.807) is 12.1 Å². The lowest BCUT2D eigenvalue weighted by Gasteiger charge is -2.46. The van der Waals surface area contributed by atoms with Crippen molar-refractivity contribution < 1.29 is 13.2 Å². The van der Waals surface area contributed by atoms with E-state index in [4.69, 9.17) is 0 Å². The Kier molecular flexibility index (Phi) is 4.52. The highest BCUT2D eigenvalue weighted by Crippen LogP contribution is 2.50. The molecule has 3 rings (SSSR count). The largest absolute Gasteiger partial charge is 0.416 e. The normalized spacial score (nSPS) is 23.4. The molecule has 0 unspecified atom stereocenters. The quantitative estimate of drug-likeness (QED) is 0.586. The van der Waals surface area contributed by atoms with Crippen LogP contribution in [0.15, 0.2) is 24.3 Å². The van der Waals surface area contributed by atoms with Crippen molar-refractivity contribution in [3.8, 4) is 0 Å². The maximum atomic E-state index is 12.8. The number of hydrogen-bond donors (Lipinski definition) is 0. The summed E-state index contributed by atoms with van der Waals surface area (Å²) < 4.78 is 38.4. The lowest BCUT2D eigenvalue weighted by Crippen LogP contribution is -2.38. The number of rotatable bonds is 2. The molecule has 2 saturated carbocycles. The van der Waals surface area contributed by atoms with Crippen molar-refractivity contribution in [2.75, 3.05) is 0 Å². The van der Waals surface area contributed by atoms with Gasteiger partial charge in [0.25, 0.3) is 0 Å². The topological polar surface area (TPSA) is 0 Å². The minimum atomic E-state index is -4.23. The first kappa shape index (κ1) is 15.9. The van der Waals surface area contributed by atoms with Gasteiger partial charge in [-0.05, 0) is 54.7 Å². The zero-order valence-corrected chi connectivity index (χ0v) is 13.1. The Morgan fingerprint density at radius 1 is 0.773 bits per heavy atom. The molecule has 0 radical (unpaired) electrons. The van der Waals surface area contributed by atoms with Gasteiger partial charge in [-0.2, -0.15) is 13.2 Å². The van der Waals surface area contributed by atoms with Crippen LogP contribution in [0, 0.1) is 5.92 Å². The summed E-state index contributed by atoms with van der Waals surface area (Å²) in [6, 6.07) is 6.11. The monoisotopic (exact) mass is 310 g/mol. The van der Waals surface area contributed by atoms with Crippen LogP contribution < -0.4 is 0 Å². The van der Waals surface area contributed by atoms with Crippen molar-refractivity contribution >= 4 is 0 Å². The van der Waals surface area contributed by atoms with Crippen LogP contribution in [0.25, 0.3) is 0 Å². The second-order valence-corrected chi connectivity index (χ2v) is 7.13. The molecule has 0 amide bonds. The predicted molar refractivity (Wildman–Crippen MR) is 82.8 cm³/mol. The maximum Gasteiger partial charge on any atom is 0.416 e. The number of alkyl halides is 3. The first-order valence-corrected chi connectivity index (χ1v) is 8.70. The number of hydrogen-bond acceptors (Lipinski definition) is 0. The van der Waals surface area contributed by atoms with Crippen LogP contribution in [0.4, 0.5) is 13.2 Å². The summed E-state index contributed by atoms with van der Waals surface area (Å²) in [5.74, 6) is 0.665. The van der Waals surface area contributed by atoms with Crippen molar-refractivity contribution in [1.82, 2.24) is 0 Å². The highest BCUT2D eigenvalue weighted by molar-refractivity contribution is 5.32. The lowest BCUT2D eigenvalue weighted by atomic mass is 9.58. The summed E-state index contributed by atoms with van der Waals surface area (Å²) in [6.07, 6.45) is 8.18. The Bertz CT molecular complexity index is 474. The third kappa shape index (κ3) is 3.04. The first-order chi connectivity index (χ1) is 10.5. The molecule has 0 saturated heterocycles. The molecule has 0 nitrogen and oxygen atoms in total. The summed E-state index contributed by atoms with van der Waals surface area (Å²) in [5.41, 5.74) is 0.779. The molecule has 0 atom stereocenters. The standard InChI is InChI=1S/C19H25F3/c20-19(21,22)17-11-9-16(10-12-17)18(13-5-2-6-14-18)15-7-3-1-4-8-15/h9-12,15H,1-8,13-14H2. The summed E-state index contributed by atoms with van der Waals surface area (Å²) in [6.45, 7) is 0. The fourth-order valence-electron chi connectivity index (χ4n) is 4.76. The minimum absolute atomic E-state index is 0.142. The van der Waals surface area contributed by atoms with Gasteiger partial charge in [-0.3, -0.25) is 0 Å². The Morgan fingerprint density at radius 3 is 1.86 bits per heavy atom. The predicted octanol–water partition coefficient (Wildman–Crippen LogP) is 6.49. The van der Waals surface area contributed by atoms with Crippen LogP contribution in [0.1, 0.15) is 75.3 Å². The Labute approximate surface area is 131 Å². The number of halogens is 3. The first-order valence-electron chi connectivity index (χ1n) is 8.70. The summed E-state index contributed by atoms with van der Waals surface area (Å²) in [4.78, 5) is 0. The third-order valence-electron chi connectivity index (χ3n) is 5.92. The van der Waals surface area contributed by atoms with Gasteiger partial charge < -0.3 is 0 Å². The van der Waals surface area contributed by atoms with E-state index in [1.165, 1.54) is 63.5 Å². The summed E-state index contributed by atoms with van der Waals surface area (Å²) >= 11 is 0. The van der Waals surface area contributed by atoms with Gasteiger partial charge in [-0.15, -0.1) is 0 Å². The van der Waals surface area contributed by atoms with Gasteiger partial charge >= 0.3 is 6.18 Å². The van der Waals surface area contributed by atoms with Crippen LogP contribution in [0.5, 0.6) is 0 Å². The van der Waals surface area contributed by atoms with Crippen LogP contribution in [-0.4, -0.2) is 0 Å². The van der Waals surface area contributed by atoms with Gasteiger partial charge in [-0.1, -0.05) is 50.7 Å². The average molecular weight is 310 g/mol. The van der Waals surface area contributed by atoms with E-state index >= 15 is 0 Å². The van der Waals surface area contributed by atoms with E-state index in [9.17, 15) is 13.2 Å². The van der Waals surface area contributed by atoms with E-state index in [1.807, 2.05) is 0 Å². The molecule has 122 valence electrons. The van der Waals surface area contributed by atoms with Crippen LogP contribution in [0.3, 0.4) is 0 Å². The zero-order valence-electron chi connectivity index (χ0n) is 13.1. The fourth-order valence-corrected chi connectivity index (χ4v) is 4.76. The second kappa shape index (κ2) is 6.25. The molecule has 3 heteroatoms. The highest BCUT2D eigenvalue weighted by atomic mass is 19.4. The zero-order chi connectivity index (χ0) is 15.6. The van der Waals surface area contributed by atoms with E-state index in [0.29, 0.717) is 5.92 Å². The molecular weight excluding hydrogens is 285 g/mol. The third-order valence-corrected chi connectivity index (χ3v) is 5.92. The minimum Gasteiger partial charge on any atom is -0.166 e. The molecule has 0 N–H and O–H groups in total. The van der Waals surface area contributed by atoms with E-state index < -0.39 is 11.7 Å². The summed E-state index contributed by atoms with van der Waals surface area (Å²) in [5, 5.41) is 0. The molecule has 0 heterocycles. The highest BCUT2D eigenvalue weighted by Gasteiger charge is 2.41. The average Bonchev–Trinajstić information content (AvgIpc) is 2.56. The van der Waals surface area contributed by atoms with Crippen molar-refractivity contribution in [2.45, 2.75) is 75.8 Å². The SMILES string of the molecule is FC(F)(F)c1ccc(C2(C3CCCCC3)CCCCC2)cc1. The van der Waals surface area contributed by atoms with Gasteiger partial charge in [0.15, 0.2) is 0 Å². The van der Waals surface area contributed by atoms with Gasteiger partial charge in [0, 0.05) is 0 Å². The lowest BCUT2D eigenvalue weighted by molar-refractivity contribution is -0.137. The van der Waals surface area contributed by atoms with Crippen molar-refractivity contribution in [1.29, 1.82) is 0 Å². The smallest absolute Gasteiger partial charge is 0.166 e. The molecule has 0 aromatic heterocycles. The second-order valence-electron chi connectivity index (χ2n) is 7.13. The Morgan fingerprint density at radius 2 is 1.32 bits per heavy atom. The molecule has 22 heavy (non-hydrogen) atoms. The molecule has 1 aromatic carbocycles. The maximum absolute atomic E-state index is 12.8. The van der Waals surface area contributed by atoms with E-state index in [-0.39, 0.29) is 5.41 Å². The van der Waals surface area contributed by atoms with E-state index in [2.05, 4.69) is 0 Å². The van der Waals surface area contributed by atoms with Gasteiger partial charge in [0.05, 0.1) is 5.56 Å². The molecule has 0 aliphatic heterocycles. The number of benzene rings is 1. The Balaban J connectivity index is 1.91. The van der Waals surface area contributed by atoms with Gasteiger partial charge in [0.1, 0.15) is 0 Å². The van der Waals surface area contributed by atoms with Gasteiger partial charge in [-0.25, -0.2) is 0 Å². The summed E-state index contributed by atoms with van der Waals surface area (Å²) in [7, 11) is 0.